The van der Waals surface area contributed by atoms with Crippen LogP contribution in [0.5, 0.6) is 0 Å². The lowest BCUT2D eigenvalue weighted by Gasteiger charge is -2.28. The molecular weight excluding hydrogens is 395 g/mol. The molecular formula is C21H22F3N5O. The second-order valence-electron chi connectivity index (χ2n) is 7.80. The quantitative estimate of drug-likeness (QED) is 0.628. The van der Waals surface area contributed by atoms with E-state index in [-0.39, 0.29) is 25.3 Å². The van der Waals surface area contributed by atoms with Gasteiger partial charge >= 0.3 is 6.18 Å². The molecule has 1 atom stereocenters. The maximum absolute atomic E-state index is 14.2. The fourth-order valence-corrected chi connectivity index (χ4v) is 3.73. The van der Waals surface area contributed by atoms with Crippen LogP contribution in [0, 0.1) is 0 Å². The molecule has 0 bridgehead atoms. The number of anilines is 1. The van der Waals surface area contributed by atoms with E-state index in [0.29, 0.717) is 11.4 Å². The molecule has 1 aliphatic rings. The van der Waals surface area contributed by atoms with Gasteiger partial charge < -0.3 is 14.3 Å². The maximum Gasteiger partial charge on any atom is 0.405 e. The first-order valence-corrected chi connectivity index (χ1v) is 9.59. The highest BCUT2D eigenvalue weighted by molar-refractivity contribution is 5.55. The SMILES string of the molecule is CN(C)Cc1ccc(-c2noc(C3(C(F)(F)F)CCN(c4ccccn4)C3)n2)cc1. The van der Waals surface area contributed by atoms with Crippen molar-refractivity contribution in [2.75, 3.05) is 32.1 Å². The van der Waals surface area contributed by atoms with Crippen molar-refractivity contribution >= 4 is 5.82 Å². The highest BCUT2D eigenvalue weighted by Crippen LogP contribution is 2.48. The van der Waals surface area contributed by atoms with Gasteiger partial charge in [-0.15, -0.1) is 0 Å². The smallest absolute Gasteiger partial charge is 0.355 e. The predicted molar refractivity (Wildman–Crippen MR) is 106 cm³/mol. The molecule has 1 aliphatic heterocycles. The molecule has 3 aromatic rings. The van der Waals surface area contributed by atoms with E-state index in [0.717, 1.165) is 12.1 Å². The summed E-state index contributed by atoms with van der Waals surface area (Å²) in [7, 11) is 3.93. The van der Waals surface area contributed by atoms with Gasteiger partial charge in [0.2, 0.25) is 11.7 Å². The molecule has 0 aliphatic carbocycles. The molecule has 1 saturated heterocycles. The summed E-state index contributed by atoms with van der Waals surface area (Å²) in [6, 6.07) is 12.6. The fourth-order valence-electron chi connectivity index (χ4n) is 3.73. The van der Waals surface area contributed by atoms with Gasteiger partial charge in [-0.3, -0.25) is 0 Å². The van der Waals surface area contributed by atoms with Crippen LogP contribution in [0.25, 0.3) is 11.4 Å². The third-order valence-electron chi connectivity index (χ3n) is 5.33. The van der Waals surface area contributed by atoms with Gasteiger partial charge in [-0.1, -0.05) is 35.5 Å². The largest absolute Gasteiger partial charge is 0.405 e. The van der Waals surface area contributed by atoms with Crippen molar-refractivity contribution in [2.24, 2.45) is 0 Å². The molecule has 1 fully saturated rings. The standard InChI is InChI=1S/C21H22F3N5O/c1-28(2)13-15-6-8-16(9-7-15)18-26-19(30-27-18)20(21(22,23)24)10-12-29(14-20)17-5-3-4-11-25-17/h3-9,11H,10,12-14H2,1-2H3. The number of pyridine rings is 1. The van der Waals surface area contributed by atoms with Gasteiger partial charge in [0.25, 0.3) is 0 Å². The summed E-state index contributed by atoms with van der Waals surface area (Å²) in [6.45, 7) is 0.655. The molecule has 6 nitrogen and oxygen atoms in total. The van der Waals surface area contributed by atoms with E-state index in [1.54, 1.807) is 41.4 Å². The van der Waals surface area contributed by atoms with Crippen molar-refractivity contribution in [1.82, 2.24) is 20.0 Å². The summed E-state index contributed by atoms with van der Waals surface area (Å²) in [4.78, 5) is 12.0. The number of nitrogens with zero attached hydrogens (tertiary/aromatic N) is 5. The lowest BCUT2D eigenvalue weighted by molar-refractivity contribution is -0.191. The third kappa shape index (κ3) is 3.77. The molecule has 0 saturated carbocycles. The van der Waals surface area contributed by atoms with E-state index >= 15 is 0 Å². The summed E-state index contributed by atoms with van der Waals surface area (Å²) in [5.41, 5.74) is -0.522. The lowest BCUT2D eigenvalue weighted by atomic mass is 9.86. The molecule has 0 spiro atoms. The summed E-state index contributed by atoms with van der Waals surface area (Å²) in [6.07, 6.45) is -3.14. The minimum absolute atomic E-state index is 0.154. The van der Waals surface area contributed by atoms with Crippen molar-refractivity contribution in [3.05, 3.63) is 60.1 Å². The van der Waals surface area contributed by atoms with Crippen LogP contribution in [-0.4, -0.2) is 53.4 Å². The van der Waals surface area contributed by atoms with Gasteiger partial charge in [-0.2, -0.15) is 18.2 Å². The molecule has 2 aromatic heterocycles. The van der Waals surface area contributed by atoms with Gasteiger partial charge in [0.05, 0.1) is 0 Å². The normalized spacial score (nSPS) is 19.6. The predicted octanol–water partition coefficient (Wildman–Crippen LogP) is 3.90. The molecule has 0 amide bonds. The number of rotatable bonds is 5. The van der Waals surface area contributed by atoms with Crippen molar-refractivity contribution in [1.29, 1.82) is 0 Å². The molecule has 9 heteroatoms. The number of benzene rings is 1. The Hall–Kier alpha value is -2.94. The topological polar surface area (TPSA) is 58.3 Å². The van der Waals surface area contributed by atoms with Gasteiger partial charge in [0, 0.05) is 31.4 Å². The Morgan fingerprint density at radius 1 is 1.13 bits per heavy atom. The van der Waals surface area contributed by atoms with Crippen molar-refractivity contribution in [2.45, 2.75) is 24.6 Å². The summed E-state index contributed by atoms with van der Waals surface area (Å²) < 4.78 is 47.8. The maximum atomic E-state index is 14.2. The molecule has 4 rings (SSSR count). The molecule has 0 N–H and O–H groups in total. The monoisotopic (exact) mass is 417 g/mol. The molecule has 158 valence electrons. The van der Waals surface area contributed by atoms with Crippen LogP contribution in [0.15, 0.2) is 53.2 Å². The van der Waals surface area contributed by atoms with E-state index in [4.69, 9.17) is 4.52 Å². The van der Waals surface area contributed by atoms with Crippen LogP contribution < -0.4 is 4.90 Å². The first-order chi connectivity index (χ1) is 14.3. The zero-order valence-electron chi connectivity index (χ0n) is 16.7. The molecule has 0 radical (unpaired) electrons. The second-order valence-corrected chi connectivity index (χ2v) is 7.80. The first-order valence-electron chi connectivity index (χ1n) is 9.59. The van der Waals surface area contributed by atoms with Gasteiger partial charge in [0.1, 0.15) is 5.82 Å². The zero-order valence-corrected chi connectivity index (χ0v) is 16.7. The number of hydrogen-bond acceptors (Lipinski definition) is 6. The van der Waals surface area contributed by atoms with E-state index in [2.05, 4.69) is 15.1 Å². The summed E-state index contributed by atoms with van der Waals surface area (Å²) in [5, 5.41) is 3.85. The van der Waals surface area contributed by atoms with Crippen LogP contribution >= 0.6 is 0 Å². The van der Waals surface area contributed by atoms with Crippen LogP contribution in [0.1, 0.15) is 17.9 Å². The van der Waals surface area contributed by atoms with Crippen LogP contribution in [0.3, 0.4) is 0 Å². The van der Waals surface area contributed by atoms with Crippen LogP contribution in [0.2, 0.25) is 0 Å². The lowest BCUT2D eigenvalue weighted by Crippen LogP contribution is -2.45. The van der Waals surface area contributed by atoms with Crippen molar-refractivity contribution in [3.8, 4) is 11.4 Å². The van der Waals surface area contributed by atoms with E-state index in [1.165, 1.54) is 0 Å². The average Bonchev–Trinajstić information content (AvgIpc) is 3.37. The van der Waals surface area contributed by atoms with E-state index < -0.39 is 17.5 Å². The van der Waals surface area contributed by atoms with Gasteiger partial charge in [-0.25, -0.2) is 4.98 Å². The number of aromatic nitrogens is 3. The van der Waals surface area contributed by atoms with Gasteiger partial charge in [-0.05, 0) is 38.2 Å². The Morgan fingerprint density at radius 2 is 1.90 bits per heavy atom. The van der Waals surface area contributed by atoms with E-state index in [9.17, 15) is 13.2 Å². The number of hydrogen-bond donors (Lipinski definition) is 0. The van der Waals surface area contributed by atoms with Crippen molar-refractivity contribution < 1.29 is 17.7 Å². The third-order valence-corrected chi connectivity index (χ3v) is 5.33. The molecule has 1 unspecified atom stereocenters. The highest BCUT2D eigenvalue weighted by Gasteiger charge is 2.63. The Morgan fingerprint density at radius 3 is 2.53 bits per heavy atom. The zero-order chi connectivity index (χ0) is 21.4. The Bertz CT molecular complexity index is 988. The van der Waals surface area contributed by atoms with E-state index in [1.807, 2.05) is 31.1 Å². The average molecular weight is 417 g/mol. The van der Waals surface area contributed by atoms with Crippen LogP contribution in [0.4, 0.5) is 19.0 Å². The molecule has 30 heavy (non-hydrogen) atoms. The molecule has 3 heterocycles. The fraction of sp³-hybridized carbons (Fsp3) is 0.381. The van der Waals surface area contributed by atoms with Crippen LogP contribution in [-0.2, 0) is 12.0 Å². The molecule has 1 aromatic carbocycles. The van der Waals surface area contributed by atoms with Gasteiger partial charge in [0.15, 0.2) is 5.41 Å². The second kappa shape index (κ2) is 7.71. The first kappa shape index (κ1) is 20.3. The summed E-state index contributed by atoms with van der Waals surface area (Å²) >= 11 is 0. The Kier molecular flexibility index (Phi) is 5.23. The number of alkyl halides is 3. The number of halogens is 3. The highest BCUT2D eigenvalue weighted by atomic mass is 19.4. The Labute approximate surface area is 172 Å². The minimum Gasteiger partial charge on any atom is -0.355 e. The minimum atomic E-state index is -4.53. The summed E-state index contributed by atoms with van der Waals surface area (Å²) in [5.74, 6) is 0.252. The van der Waals surface area contributed by atoms with Crippen molar-refractivity contribution in [3.63, 3.8) is 0 Å². The Balaban J connectivity index is 1.62.